The van der Waals surface area contributed by atoms with Crippen molar-refractivity contribution in [2.75, 3.05) is 17.2 Å². The summed E-state index contributed by atoms with van der Waals surface area (Å²) >= 11 is 0. The van der Waals surface area contributed by atoms with E-state index in [0.29, 0.717) is 28.6 Å². The van der Waals surface area contributed by atoms with Gasteiger partial charge in [0.05, 0.1) is 23.8 Å². The number of allylic oxidation sites excluding steroid dienone is 1. The molecule has 1 unspecified atom stereocenters. The van der Waals surface area contributed by atoms with Gasteiger partial charge < -0.3 is 20.2 Å². The molecule has 6 rings (SSSR count). The molecule has 10 nitrogen and oxygen atoms in total. The van der Waals surface area contributed by atoms with Crippen LogP contribution >= 0.6 is 0 Å². The smallest absolute Gasteiger partial charge is 0.259 e. The molecule has 0 saturated carbocycles. The van der Waals surface area contributed by atoms with Crippen molar-refractivity contribution >= 4 is 23.4 Å². The lowest BCUT2D eigenvalue weighted by molar-refractivity contribution is 0.0765. The predicted octanol–water partition coefficient (Wildman–Crippen LogP) is 4.17. The number of carbonyl (C=O) groups is 1. The highest BCUT2D eigenvalue weighted by atomic mass is 16.4. The molecular weight excluding hydrogens is 470 g/mol. The van der Waals surface area contributed by atoms with Crippen LogP contribution in [0, 0.1) is 0 Å². The minimum Gasteiger partial charge on any atom is -0.423 e. The summed E-state index contributed by atoms with van der Waals surface area (Å²) in [5, 5.41) is 24.3. The summed E-state index contributed by atoms with van der Waals surface area (Å²) in [6.07, 6.45) is 6.66. The van der Waals surface area contributed by atoms with E-state index in [1.807, 2.05) is 61.5 Å². The first-order valence-corrected chi connectivity index (χ1v) is 11.7. The molecule has 2 aromatic carbocycles. The van der Waals surface area contributed by atoms with Crippen LogP contribution in [0.1, 0.15) is 34.5 Å². The van der Waals surface area contributed by atoms with Gasteiger partial charge in [-0.15, -0.1) is 10.2 Å². The molecule has 37 heavy (non-hydrogen) atoms. The number of aliphatic hydroxyl groups is 1. The Morgan fingerprint density at radius 3 is 2.78 bits per heavy atom. The highest BCUT2D eigenvalue weighted by molar-refractivity contribution is 6.03. The zero-order chi connectivity index (χ0) is 25.6. The number of anilines is 3. The number of hydrogen-bond acceptors (Lipinski definition) is 9. The third-order valence-corrected chi connectivity index (χ3v) is 6.68. The number of aromatic nitrogens is 4. The van der Waals surface area contributed by atoms with Crippen molar-refractivity contribution < 1.29 is 14.3 Å². The third-order valence-electron chi connectivity index (χ3n) is 6.68. The van der Waals surface area contributed by atoms with E-state index in [-0.39, 0.29) is 18.4 Å². The lowest BCUT2D eigenvalue weighted by atomic mass is 9.92. The van der Waals surface area contributed by atoms with Crippen molar-refractivity contribution in [1.29, 1.82) is 0 Å². The van der Waals surface area contributed by atoms with E-state index in [0.717, 1.165) is 16.8 Å². The van der Waals surface area contributed by atoms with Gasteiger partial charge >= 0.3 is 0 Å². The number of benzene rings is 2. The maximum atomic E-state index is 12.9. The zero-order valence-electron chi connectivity index (χ0n) is 19.9. The van der Waals surface area contributed by atoms with Crippen LogP contribution in [-0.2, 0) is 5.54 Å². The van der Waals surface area contributed by atoms with Crippen LogP contribution in [0.2, 0.25) is 0 Å². The van der Waals surface area contributed by atoms with Gasteiger partial charge in [0, 0.05) is 23.1 Å². The normalized spacial score (nSPS) is 18.6. The van der Waals surface area contributed by atoms with Crippen LogP contribution in [0.25, 0.3) is 11.5 Å². The Kier molecular flexibility index (Phi) is 5.31. The van der Waals surface area contributed by atoms with Gasteiger partial charge in [-0.1, -0.05) is 43.0 Å². The van der Waals surface area contributed by atoms with E-state index in [2.05, 4.69) is 37.4 Å². The van der Waals surface area contributed by atoms with E-state index >= 15 is 0 Å². The average Bonchev–Trinajstić information content (AvgIpc) is 3.61. The molecule has 10 heteroatoms. The number of rotatable bonds is 7. The second-order valence-electron chi connectivity index (χ2n) is 8.99. The van der Waals surface area contributed by atoms with Gasteiger partial charge in [0.25, 0.3) is 11.8 Å². The van der Waals surface area contributed by atoms with Crippen LogP contribution in [0.3, 0.4) is 0 Å². The summed E-state index contributed by atoms with van der Waals surface area (Å²) in [5.74, 6) is 0.903. The Balaban J connectivity index is 1.34. The topological polar surface area (TPSA) is 129 Å². The largest absolute Gasteiger partial charge is 0.423 e. The van der Waals surface area contributed by atoms with Gasteiger partial charge in [-0.05, 0) is 42.3 Å². The van der Waals surface area contributed by atoms with Gasteiger partial charge in [0.2, 0.25) is 12.3 Å². The van der Waals surface area contributed by atoms with Gasteiger partial charge in [0.1, 0.15) is 5.82 Å². The number of fused-ring (bicyclic) bond motifs is 3. The molecule has 184 valence electrons. The fourth-order valence-electron chi connectivity index (χ4n) is 4.82. The van der Waals surface area contributed by atoms with Crippen molar-refractivity contribution in [3.63, 3.8) is 0 Å². The van der Waals surface area contributed by atoms with E-state index < -0.39 is 11.6 Å². The maximum Gasteiger partial charge on any atom is 0.259 e. The molecule has 2 aliphatic heterocycles. The zero-order valence-corrected chi connectivity index (χ0v) is 19.9. The van der Waals surface area contributed by atoms with Gasteiger partial charge in [-0.2, -0.15) is 4.98 Å². The molecule has 4 aromatic rings. The lowest BCUT2D eigenvalue weighted by Crippen LogP contribution is -2.34. The SMILES string of the molecule is C=C1C=CC2(C)c3cc(Nc4ncc(-c5nnco5)c(N[C@H](CO)c5ccccc5)n4)ccc3C(=O)N12. The fourth-order valence-corrected chi connectivity index (χ4v) is 4.82. The van der Waals surface area contributed by atoms with Crippen LogP contribution in [0.4, 0.5) is 17.5 Å². The van der Waals surface area contributed by atoms with Crippen molar-refractivity contribution in [2.24, 2.45) is 0 Å². The molecule has 0 spiro atoms. The molecule has 2 atom stereocenters. The van der Waals surface area contributed by atoms with Crippen LogP contribution < -0.4 is 10.6 Å². The van der Waals surface area contributed by atoms with E-state index in [9.17, 15) is 9.90 Å². The number of hydrogen-bond donors (Lipinski definition) is 3. The Morgan fingerprint density at radius 1 is 1.19 bits per heavy atom. The number of aliphatic hydroxyl groups excluding tert-OH is 1. The van der Waals surface area contributed by atoms with Gasteiger partial charge in [-0.25, -0.2) is 4.98 Å². The average molecular weight is 494 g/mol. The number of nitrogens with zero attached hydrogens (tertiary/aromatic N) is 5. The predicted molar refractivity (Wildman–Crippen MR) is 137 cm³/mol. The Bertz CT molecular complexity index is 1540. The highest BCUT2D eigenvalue weighted by Crippen LogP contribution is 2.47. The van der Waals surface area contributed by atoms with Crippen molar-refractivity contribution in [1.82, 2.24) is 25.1 Å². The molecule has 2 aromatic heterocycles. The van der Waals surface area contributed by atoms with Crippen molar-refractivity contribution in [3.8, 4) is 11.5 Å². The molecule has 0 bridgehead atoms. The van der Waals surface area contributed by atoms with Gasteiger partial charge in [-0.3, -0.25) is 9.69 Å². The van der Waals surface area contributed by atoms with Crippen LogP contribution in [0.5, 0.6) is 0 Å². The Morgan fingerprint density at radius 2 is 2.03 bits per heavy atom. The van der Waals surface area contributed by atoms with Crippen LogP contribution in [0.15, 0.2) is 90.0 Å². The Hall–Kier alpha value is -4.83. The standard InChI is InChI=1S/C27H23N7O3/c1-16-10-11-27(2)21-12-18(8-9-19(21)25(36)34(16)27)30-26-28-13-20(24-33-29-15-37-24)23(32-26)31-22(14-35)17-6-4-3-5-7-17/h3-13,15,22,35H,1,14H2,2H3,(H2,28,30,31,32)/t22-,27?/m1/s1. The minimum atomic E-state index is -0.583. The molecule has 3 N–H and O–H groups in total. The van der Waals surface area contributed by atoms with E-state index in [1.165, 1.54) is 6.39 Å². The third kappa shape index (κ3) is 3.74. The maximum absolute atomic E-state index is 12.9. The Labute approximate surface area is 212 Å². The summed E-state index contributed by atoms with van der Waals surface area (Å²) in [6.45, 7) is 5.83. The molecular formula is C27H23N7O3. The number of carbonyl (C=O) groups excluding carboxylic acids is 1. The van der Waals surface area contributed by atoms with E-state index in [1.54, 1.807) is 17.2 Å². The summed E-state index contributed by atoms with van der Waals surface area (Å²) in [4.78, 5) is 23.8. The molecule has 2 aliphatic rings. The van der Waals surface area contributed by atoms with E-state index in [4.69, 9.17) is 4.42 Å². The van der Waals surface area contributed by atoms with Crippen molar-refractivity contribution in [2.45, 2.75) is 18.5 Å². The molecule has 4 heterocycles. The first kappa shape index (κ1) is 22.6. The second kappa shape index (κ2) is 8.68. The highest BCUT2D eigenvalue weighted by Gasteiger charge is 2.48. The summed E-state index contributed by atoms with van der Waals surface area (Å²) < 4.78 is 5.38. The summed E-state index contributed by atoms with van der Waals surface area (Å²) in [7, 11) is 0. The summed E-state index contributed by atoms with van der Waals surface area (Å²) in [5.41, 5.74) is 3.71. The fraction of sp³-hybridized carbons (Fsp3) is 0.148. The first-order valence-electron chi connectivity index (χ1n) is 11.7. The number of nitrogens with one attached hydrogen (secondary N) is 2. The number of amides is 1. The minimum absolute atomic E-state index is 0.0679. The molecule has 0 radical (unpaired) electrons. The molecule has 0 fully saturated rings. The summed E-state index contributed by atoms with van der Waals surface area (Å²) in [6, 6.07) is 14.7. The quantitative estimate of drug-likeness (QED) is 0.347. The van der Waals surface area contributed by atoms with Gasteiger partial charge in [0.15, 0.2) is 0 Å². The molecule has 0 aliphatic carbocycles. The molecule has 0 saturated heterocycles. The first-order chi connectivity index (χ1) is 18.0. The lowest BCUT2D eigenvalue weighted by Gasteiger charge is -2.28. The van der Waals surface area contributed by atoms with Crippen LogP contribution in [-0.4, -0.2) is 42.7 Å². The molecule has 1 amide bonds. The van der Waals surface area contributed by atoms with Crippen molar-refractivity contribution in [3.05, 3.63) is 102 Å². The monoisotopic (exact) mass is 493 g/mol. The second-order valence-corrected chi connectivity index (χ2v) is 8.99.